The maximum atomic E-state index is 12.9. The van der Waals surface area contributed by atoms with Gasteiger partial charge in [-0.1, -0.05) is 17.7 Å². The van der Waals surface area contributed by atoms with Crippen molar-refractivity contribution in [2.45, 2.75) is 47.5 Å². The molecule has 1 heterocycles. The number of hydrogen-bond acceptors (Lipinski definition) is 3. The van der Waals surface area contributed by atoms with E-state index in [0.717, 1.165) is 35.5 Å². The summed E-state index contributed by atoms with van der Waals surface area (Å²) in [6.07, 6.45) is 2.45. The summed E-state index contributed by atoms with van der Waals surface area (Å²) in [5.74, 6) is -0.648. The van der Waals surface area contributed by atoms with E-state index in [0.29, 0.717) is 5.69 Å². The topological polar surface area (TPSA) is 61.4 Å². The number of amides is 2. The molecule has 0 atom stereocenters. The number of carbonyl (C=O) groups excluding carboxylic acids is 2. The second-order valence-corrected chi connectivity index (χ2v) is 8.55. The van der Waals surface area contributed by atoms with Crippen molar-refractivity contribution in [2.75, 3.05) is 28.6 Å². The van der Waals surface area contributed by atoms with Gasteiger partial charge in [0.2, 0.25) is 11.8 Å². The molecule has 2 aromatic carbocycles. The highest BCUT2D eigenvalue weighted by molar-refractivity contribution is 6.14. The van der Waals surface area contributed by atoms with E-state index in [-0.39, 0.29) is 11.8 Å². The Morgan fingerprint density at radius 2 is 1.38 bits per heavy atom. The van der Waals surface area contributed by atoms with Gasteiger partial charge in [0.1, 0.15) is 5.41 Å². The third-order valence-electron chi connectivity index (χ3n) is 5.65. The Labute approximate surface area is 173 Å². The zero-order valence-corrected chi connectivity index (χ0v) is 18.1. The molecule has 0 spiro atoms. The predicted octanol–water partition coefficient (Wildman–Crippen LogP) is 4.82. The maximum Gasteiger partial charge on any atom is 0.239 e. The van der Waals surface area contributed by atoms with Crippen LogP contribution in [0.1, 0.15) is 43.4 Å². The van der Waals surface area contributed by atoms with Gasteiger partial charge in [-0.3, -0.25) is 9.59 Å². The normalized spacial score (nSPS) is 14.0. The van der Waals surface area contributed by atoms with Gasteiger partial charge in [-0.2, -0.15) is 0 Å². The fourth-order valence-corrected chi connectivity index (χ4v) is 3.77. The van der Waals surface area contributed by atoms with Crippen molar-refractivity contribution in [1.82, 2.24) is 0 Å². The number of nitrogens with zero attached hydrogens (tertiary/aromatic N) is 1. The molecular formula is C24H31N3O2. The zero-order valence-electron chi connectivity index (χ0n) is 18.1. The Balaban J connectivity index is 1.68. The summed E-state index contributed by atoms with van der Waals surface area (Å²) in [6.45, 7) is 11.4. The number of hydrogen-bond donors (Lipinski definition) is 2. The smallest absolute Gasteiger partial charge is 0.239 e. The number of aryl methyl sites for hydroxylation is 3. The highest BCUT2D eigenvalue weighted by Gasteiger charge is 2.36. The van der Waals surface area contributed by atoms with Crippen LogP contribution in [-0.4, -0.2) is 24.9 Å². The molecule has 1 saturated heterocycles. The van der Waals surface area contributed by atoms with E-state index in [1.54, 1.807) is 13.8 Å². The summed E-state index contributed by atoms with van der Waals surface area (Å²) in [6, 6.07) is 11.9. The van der Waals surface area contributed by atoms with Crippen LogP contribution in [0.2, 0.25) is 0 Å². The third kappa shape index (κ3) is 4.61. The molecule has 5 nitrogen and oxygen atoms in total. The molecule has 0 bridgehead atoms. The highest BCUT2D eigenvalue weighted by Crippen LogP contribution is 2.27. The minimum atomic E-state index is -1.21. The van der Waals surface area contributed by atoms with Crippen LogP contribution in [-0.2, 0) is 9.59 Å². The lowest BCUT2D eigenvalue weighted by atomic mass is 9.90. The molecule has 29 heavy (non-hydrogen) atoms. The van der Waals surface area contributed by atoms with Gasteiger partial charge in [-0.25, -0.2) is 0 Å². The molecule has 2 N–H and O–H groups in total. The van der Waals surface area contributed by atoms with E-state index in [2.05, 4.69) is 15.5 Å². The summed E-state index contributed by atoms with van der Waals surface area (Å²) >= 11 is 0. The molecule has 5 heteroatoms. The van der Waals surface area contributed by atoms with Gasteiger partial charge in [0.15, 0.2) is 0 Å². The van der Waals surface area contributed by atoms with Crippen LogP contribution in [0.3, 0.4) is 0 Å². The molecule has 1 fully saturated rings. The van der Waals surface area contributed by atoms with Crippen LogP contribution in [0.15, 0.2) is 36.4 Å². The third-order valence-corrected chi connectivity index (χ3v) is 5.65. The summed E-state index contributed by atoms with van der Waals surface area (Å²) in [5.41, 5.74) is 4.56. The number of rotatable bonds is 5. The van der Waals surface area contributed by atoms with Crippen molar-refractivity contribution < 1.29 is 9.59 Å². The van der Waals surface area contributed by atoms with Crippen LogP contribution in [0.4, 0.5) is 17.1 Å². The standard InChI is InChI=1S/C24H31N3O2/c1-16-14-17(2)21(18(3)15-16)26-23(29)24(4,5)22(28)25-19-8-10-20(11-9-19)27-12-6-7-13-27/h8-11,14-15H,6-7,12-13H2,1-5H3,(H,25,28)(H,26,29). The molecule has 0 unspecified atom stereocenters. The van der Waals surface area contributed by atoms with Gasteiger partial charge < -0.3 is 15.5 Å². The summed E-state index contributed by atoms with van der Waals surface area (Å²) in [4.78, 5) is 28.1. The van der Waals surface area contributed by atoms with Crippen LogP contribution < -0.4 is 15.5 Å². The van der Waals surface area contributed by atoms with Gasteiger partial charge in [0, 0.05) is 30.2 Å². The first-order valence-electron chi connectivity index (χ1n) is 10.2. The Kier molecular flexibility index (Phi) is 5.96. The second-order valence-electron chi connectivity index (χ2n) is 8.55. The quantitative estimate of drug-likeness (QED) is 0.716. The number of benzene rings is 2. The summed E-state index contributed by atoms with van der Waals surface area (Å²) in [7, 11) is 0. The molecule has 1 aliphatic heterocycles. The van der Waals surface area contributed by atoms with Crippen molar-refractivity contribution >= 4 is 28.9 Å². The average Bonchev–Trinajstić information content (AvgIpc) is 3.19. The Hall–Kier alpha value is -2.82. The molecule has 2 aromatic rings. The minimum Gasteiger partial charge on any atom is -0.372 e. The lowest BCUT2D eigenvalue weighted by Gasteiger charge is -2.24. The first kappa shape index (κ1) is 20.9. The van der Waals surface area contributed by atoms with E-state index in [9.17, 15) is 9.59 Å². The highest BCUT2D eigenvalue weighted by atomic mass is 16.2. The predicted molar refractivity (Wildman–Crippen MR) is 120 cm³/mol. The molecular weight excluding hydrogens is 362 g/mol. The van der Waals surface area contributed by atoms with Gasteiger partial charge in [0.05, 0.1) is 0 Å². The monoisotopic (exact) mass is 393 g/mol. The zero-order chi connectivity index (χ0) is 21.2. The van der Waals surface area contributed by atoms with Gasteiger partial charge in [0.25, 0.3) is 0 Å². The first-order chi connectivity index (χ1) is 13.7. The molecule has 1 aliphatic rings. The van der Waals surface area contributed by atoms with Gasteiger partial charge in [-0.05, 0) is 82.9 Å². The molecule has 3 rings (SSSR count). The van der Waals surface area contributed by atoms with Crippen molar-refractivity contribution in [3.05, 3.63) is 53.1 Å². The Morgan fingerprint density at radius 3 is 1.93 bits per heavy atom. The molecule has 0 aliphatic carbocycles. The molecule has 0 saturated carbocycles. The minimum absolute atomic E-state index is 0.321. The second kappa shape index (κ2) is 8.27. The summed E-state index contributed by atoms with van der Waals surface area (Å²) < 4.78 is 0. The van der Waals surface area contributed by atoms with Crippen LogP contribution in [0, 0.1) is 26.2 Å². The van der Waals surface area contributed by atoms with Crippen molar-refractivity contribution in [3.8, 4) is 0 Å². The van der Waals surface area contributed by atoms with Crippen LogP contribution in [0.5, 0.6) is 0 Å². The molecule has 0 aromatic heterocycles. The fraction of sp³-hybridized carbons (Fsp3) is 0.417. The number of anilines is 3. The van der Waals surface area contributed by atoms with E-state index in [1.807, 2.05) is 57.2 Å². The van der Waals surface area contributed by atoms with Crippen molar-refractivity contribution in [3.63, 3.8) is 0 Å². The van der Waals surface area contributed by atoms with Crippen LogP contribution in [0.25, 0.3) is 0 Å². The number of carbonyl (C=O) groups is 2. The fourth-order valence-electron chi connectivity index (χ4n) is 3.77. The van der Waals surface area contributed by atoms with Crippen LogP contribution >= 0.6 is 0 Å². The van der Waals surface area contributed by atoms with Gasteiger partial charge >= 0.3 is 0 Å². The first-order valence-corrected chi connectivity index (χ1v) is 10.2. The molecule has 0 radical (unpaired) electrons. The van der Waals surface area contributed by atoms with Gasteiger partial charge in [-0.15, -0.1) is 0 Å². The average molecular weight is 394 g/mol. The molecule has 2 amide bonds. The SMILES string of the molecule is Cc1cc(C)c(NC(=O)C(C)(C)C(=O)Nc2ccc(N3CCCC3)cc2)c(C)c1. The van der Waals surface area contributed by atoms with E-state index in [4.69, 9.17) is 0 Å². The Bertz CT molecular complexity index is 887. The lowest BCUT2D eigenvalue weighted by molar-refractivity contribution is -0.135. The maximum absolute atomic E-state index is 12.9. The largest absolute Gasteiger partial charge is 0.372 e. The number of nitrogens with one attached hydrogen (secondary N) is 2. The Morgan fingerprint density at radius 1 is 0.862 bits per heavy atom. The van der Waals surface area contributed by atoms with E-state index in [1.165, 1.54) is 18.5 Å². The molecule has 154 valence electrons. The van der Waals surface area contributed by atoms with E-state index >= 15 is 0 Å². The summed E-state index contributed by atoms with van der Waals surface area (Å²) in [5, 5.41) is 5.84. The van der Waals surface area contributed by atoms with Crippen molar-refractivity contribution in [2.24, 2.45) is 5.41 Å². The van der Waals surface area contributed by atoms with E-state index < -0.39 is 5.41 Å². The lowest BCUT2D eigenvalue weighted by Crippen LogP contribution is -2.41. The van der Waals surface area contributed by atoms with Crippen molar-refractivity contribution in [1.29, 1.82) is 0 Å².